The van der Waals surface area contributed by atoms with Crippen LogP contribution in [0.5, 0.6) is 5.75 Å². The summed E-state index contributed by atoms with van der Waals surface area (Å²) in [5.74, 6) is 0.162. The SMILES string of the molecule is COc1ccccc1CC(=O)Nc1cc(C(F)(F)F)ccc1N1CCN(C)CC1. The second kappa shape index (κ2) is 8.73. The number of nitrogens with zero attached hydrogens (tertiary/aromatic N) is 2. The van der Waals surface area contributed by atoms with Crippen molar-refractivity contribution < 1.29 is 22.7 Å². The van der Waals surface area contributed by atoms with Gasteiger partial charge in [0.15, 0.2) is 0 Å². The third-order valence-corrected chi connectivity index (χ3v) is 4.99. The maximum absolute atomic E-state index is 13.2. The van der Waals surface area contributed by atoms with Crippen LogP contribution in [-0.4, -0.2) is 51.1 Å². The number of methoxy groups -OCH3 is 1. The molecule has 8 heteroatoms. The second-order valence-corrected chi connectivity index (χ2v) is 7.06. The Kier molecular flexibility index (Phi) is 6.32. The van der Waals surface area contributed by atoms with Gasteiger partial charge >= 0.3 is 6.18 Å². The van der Waals surface area contributed by atoms with Gasteiger partial charge in [0.25, 0.3) is 0 Å². The van der Waals surface area contributed by atoms with Gasteiger partial charge in [-0.25, -0.2) is 0 Å². The summed E-state index contributed by atoms with van der Waals surface area (Å²) in [6.07, 6.45) is -4.48. The number of piperazine rings is 1. The summed E-state index contributed by atoms with van der Waals surface area (Å²) in [5, 5.41) is 2.68. The first kappa shape index (κ1) is 21.0. The highest BCUT2D eigenvalue weighted by Crippen LogP contribution is 2.36. The Morgan fingerprint density at radius 1 is 1.10 bits per heavy atom. The summed E-state index contributed by atoms with van der Waals surface area (Å²) < 4.78 is 44.9. The molecule has 0 unspecified atom stereocenters. The highest BCUT2D eigenvalue weighted by Gasteiger charge is 2.32. The molecule has 0 saturated carbocycles. The van der Waals surface area contributed by atoms with Gasteiger partial charge in [0.1, 0.15) is 5.75 Å². The molecule has 2 aromatic carbocycles. The summed E-state index contributed by atoms with van der Waals surface area (Å²) in [4.78, 5) is 16.8. The molecule has 156 valence electrons. The third-order valence-electron chi connectivity index (χ3n) is 4.99. The average molecular weight is 407 g/mol. The van der Waals surface area contributed by atoms with Crippen molar-refractivity contribution in [1.29, 1.82) is 0 Å². The minimum Gasteiger partial charge on any atom is -0.496 e. The van der Waals surface area contributed by atoms with Crippen molar-refractivity contribution in [3.05, 3.63) is 53.6 Å². The molecule has 1 fully saturated rings. The Bertz CT molecular complexity index is 862. The molecule has 1 aliphatic heterocycles. The van der Waals surface area contributed by atoms with Crippen LogP contribution in [0.4, 0.5) is 24.5 Å². The van der Waals surface area contributed by atoms with E-state index in [0.717, 1.165) is 25.2 Å². The van der Waals surface area contributed by atoms with Gasteiger partial charge < -0.3 is 19.9 Å². The number of anilines is 2. The van der Waals surface area contributed by atoms with Gasteiger partial charge in [0.2, 0.25) is 5.91 Å². The lowest BCUT2D eigenvalue weighted by Crippen LogP contribution is -2.44. The lowest BCUT2D eigenvalue weighted by Gasteiger charge is -2.35. The number of benzene rings is 2. The van der Waals surface area contributed by atoms with E-state index in [4.69, 9.17) is 4.74 Å². The predicted molar refractivity (Wildman–Crippen MR) is 106 cm³/mol. The van der Waals surface area contributed by atoms with Crippen LogP contribution in [0.1, 0.15) is 11.1 Å². The fourth-order valence-electron chi connectivity index (χ4n) is 3.35. The molecule has 29 heavy (non-hydrogen) atoms. The van der Waals surface area contributed by atoms with Crippen LogP contribution >= 0.6 is 0 Å². The van der Waals surface area contributed by atoms with Crippen molar-refractivity contribution in [1.82, 2.24) is 4.90 Å². The topological polar surface area (TPSA) is 44.8 Å². The molecular weight excluding hydrogens is 383 g/mol. The average Bonchev–Trinajstić information content (AvgIpc) is 2.68. The highest BCUT2D eigenvalue weighted by atomic mass is 19.4. The molecule has 0 bridgehead atoms. The number of hydrogen-bond acceptors (Lipinski definition) is 4. The minimum atomic E-state index is -4.48. The minimum absolute atomic E-state index is 0.00242. The number of likely N-dealkylation sites (N-methyl/N-ethyl adjacent to an activating group) is 1. The molecule has 0 spiro atoms. The zero-order valence-electron chi connectivity index (χ0n) is 16.4. The summed E-state index contributed by atoms with van der Waals surface area (Å²) in [7, 11) is 3.51. The Morgan fingerprint density at radius 3 is 2.45 bits per heavy atom. The van der Waals surface area contributed by atoms with Gasteiger partial charge in [-0.3, -0.25) is 4.79 Å². The van der Waals surface area contributed by atoms with E-state index in [2.05, 4.69) is 10.2 Å². The molecule has 5 nitrogen and oxygen atoms in total. The number of amides is 1. The van der Waals surface area contributed by atoms with Crippen LogP contribution in [0.15, 0.2) is 42.5 Å². The number of ether oxygens (including phenoxy) is 1. The predicted octanol–water partition coefficient (Wildman–Crippen LogP) is 3.65. The Balaban J connectivity index is 1.85. The zero-order valence-corrected chi connectivity index (χ0v) is 16.4. The first-order chi connectivity index (χ1) is 13.8. The van der Waals surface area contributed by atoms with E-state index in [1.807, 2.05) is 11.9 Å². The number of para-hydroxylation sites is 1. The van der Waals surface area contributed by atoms with E-state index in [1.165, 1.54) is 13.2 Å². The summed E-state index contributed by atoms with van der Waals surface area (Å²) in [6, 6.07) is 10.6. The lowest BCUT2D eigenvalue weighted by molar-refractivity contribution is -0.137. The molecule has 0 atom stereocenters. The van der Waals surface area contributed by atoms with Crippen LogP contribution in [0.2, 0.25) is 0 Å². The van der Waals surface area contributed by atoms with E-state index in [0.29, 0.717) is 30.1 Å². The van der Waals surface area contributed by atoms with Gasteiger partial charge in [0.05, 0.1) is 30.5 Å². The van der Waals surface area contributed by atoms with E-state index in [-0.39, 0.29) is 12.1 Å². The molecule has 1 saturated heterocycles. The van der Waals surface area contributed by atoms with Crippen molar-refractivity contribution in [2.75, 3.05) is 50.6 Å². The zero-order chi connectivity index (χ0) is 21.0. The van der Waals surface area contributed by atoms with Crippen molar-refractivity contribution in [2.45, 2.75) is 12.6 Å². The number of carbonyl (C=O) groups is 1. The molecule has 1 N–H and O–H groups in total. The van der Waals surface area contributed by atoms with E-state index < -0.39 is 17.6 Å². The highest BCUT2D eigenvalue weighted by molar-refractivity contribution is 5.96. The van der Waals surface area contributed by atoms with Crippen LogP contribution in [0.3, 0.4) is 0 Å². The van der Waals surface area contributed by atoms with Crippen molar-refractivity contribution in [2.24, 2.45) is 0 Å². The number of alkyl halides is 3. The molecule has 1 heterocycles. The molecular formula is C21H24F3N3O2. The molecule has 3 rings (SSSR count). The van der Waals surface area contributed by atoms with E-state index in [9.17, 15) is 18.0 Å². The van der Waals surface area contributed by atoms with Gasteiger partial charge in [-0.2, -0.15) is 13.2 Å². The molecule has 2 aromatic rings. The van der Waals surface area contributed by atoms with E-state index >= 15 is 0 Å². The van der Waals surface area contributed by atoms with Gasteiger partial charge in [-0.05, 0) is 31.3 Å². The quantitative estimate of drug-likeness (QED) is 0.822. The maximum atomic E-state index is 13.2. The van der Waals surface area contributed by atoms with Gasteiger partial charge in [0, 0.05) is 31.7 Å². The Morgan fingerprint density at radius 2 is 1.79 bits per heavy atom. The van der Waals surface area contributed by atoms with Crippen molar-refractivity contribution in [3.8, 4) is 5.75 Å². The number of hydrogen-bond donors (Lipinski definition) is 1. The van der Waals surface area contributed by atoms with Crippen molar-refractivity contribution >= 4 is 17.3 Å². The van der Waals surface area contributed by atoms with Crippen LogP contribution < -0.4 is 15.0 Å². The fraction of sp³-hybridized carbons (Fsp3) is 0.381. The summed E-state index contributed by atoms with van der Waals surface area (Å²) in [6.45, 7) is 2.96. The summed E-state index contributed by atoms with van der Waals surface area (Å²) >= 11 is 0. The molecule has 0 radical (unpaired) electrons. The standard InChI is InChI=1S/C21H24F3N3O2/c1-26-9-11-27(12-10-26)18-8-7-16(21(22,23)24)14-17(18)25-20(28)13-15-5-3-4-6-19(15)29-2/h3-8,14H,9-13H2,1-2H3,(H,25,28). The summed E-state index contributed by atoms with van der Waals surface area (Å²) in [5.41, 5.74) is 0.646. The maximum Gasteiger partial charge on any atom is 0.416 e. The first-order valence-electron chi connectivity index (χ1n) is 9.34. The monoisotopic (exact) mass is 407 g/mol. The fourth-order valence-corrected chi connectivity index (χ4v) is 3.35. The van der Waals surface area contributed by atoms with Gasteiger partial charge in [-0.1, -0.05) is 18.2 Å². The number of halogens is 3. The van der Waals surface area contributed by atoms with E-state index in [1.54, 1.807) is 24.3 Å². The Labute approximate surface area is 168 Å². The lowest BCUT2D eigenvalue weighted by atomic mass is 10.1. The molecule has 0 aliphatic carbocycles. The van der Waals surface area contributed by atoms with Crippen LogP contribution in [-0.2, 0) is 17.4 Å². The van der Waals surface area contributed by atoms with Crippen molar-refractivity contribution in [3.63, 3.8) is 0 Å². The third kappa shape index (κ3) is 5.20. The molecule has 1 aliphatic rings. The van der Waals surface area contributed by atoms with Gasteiger partial charge in [-0.15, -0.1) is 0 Å². The number of carbonyl (C=O) groups excluding carboxylic acids is 1. The molecule has 0 aromatic heterocycles. The number of nitrogens with one attached hydrogen (secondary N) is 1. The first-order valence-corrected chi connectivity index (χ1v) is 9.34. The molecule has 1 amide bonds. The number of rotatable bonds is 5. The largest absolute Gasteiger partial charge is 0.496 e. The Hall–Kier alpha value is -2.74. The van der Waals surface area contributed by atoms with Crippen LogP contribution in [0.25, 0.3) is 0 Å². The second-order valence-electron chi connectivity index (χ2n) is 7.06. The normalized spacial score (nSPS) is 15.3. The van der Waals surface area contributed by atoms with Crippen LogP contribution in [0, 0.1) is 0 Å². The smallest absolute Gasteiger partial charge is 0.416 e.